The fourth-order valence-electron chi connectivity index (χ4n) is 1.83. The minimum absolute atomic E-state index is 0.0329. The number of hydrogen-bond donors (Lipinski definition) is 1. The van der Waals surface area contributed by atoms with Crippen LogP contribution in [0.3, 0.4) is 0 Å². The van der Waals surface area contributed by atoms with Gasteiger partial charge >= 0.3 is 0 Å². The molecule has 0 unspecified atom stereocenters. The van der Waals surface area contributed by atoms with Gasteiger partial charge in [-0.15, -0.1) is 0 Å². The summed E-state index contributed by atoms with van der Waals surface area (Å²) in [7, 11) is 0. The number of nitriles is 1. The molecule has 5 nitrogen and oxygen atoms in total. The Hall–Kier alpha value is -2.87. The van der Waals surface area contributed by atoms with Crippen LogP contribution in [0.25, 0.3) is 22.6 Å². The molecule has 0 aliphatic carbocycles. The lowest BCUT2D eigenvalue weighted by atomic mass is 10.2. The van der Waals surface area contributed by atoms with E-state index >= 15 is 0 Å². The number of rotatable bonds is 3. The number of aromatic nitrogens is 3. The van der Waals surface area contributed by atoms with Gasteiger partial charge in [-0.25, -0.2) is 9.97 Å². The Bertz CT molecular complexity index is 724. The molecule has 5 heteroatoms. The van der Waals surface area contributed by atoms with Crippen LogP contribution in [0, 0.1) is 11.3 Å². The summed E-state index contributed by atoms with van der Waals surface area (Å²) in [5, 5.41) is 8.51. The molecule has 0 atom stereocenters. The molecule has 0 saturated carbocycles. The summed E-state index contributed by atoms with van der Waals surface area (Å²) in [6.45, 7) is 0.0329. The van der Waals surface area contributed by atoms with Gasteiger partial charge in [-0.2, -0.15) is 5.26 Å². The molecule has 0 bridgehead atoms. The molecule has 3 aromatic rings. The predicted molar refractivity (Wildman–Crippen MR) is 70.4 cm³/mol. The van der Waals surface area contributed by atoms with Crippen molar-refractivity contribution in [3.05, 3.63) is 42.6 Å². The molecule has 2 aromatic heterocycles. The fraction of sp³-hybridized carbons (Fsp3) is 0.0714. The lowest BCUT2D eigenvalue weighted by Crippen LogP contribution is -1.93. The number of nitrogens with zero attached hydrogens (tertiary/aromatic N) is 3. The Labute approximate surface area is 109 Å². The van der Waals surface area contributed by atoms with E-state index in [4.69, 9.17) is 10.00 Å². The normalized spacial score (nSPS) is 10.3. The standard InChI is InChI=1S/C14H10N4O/c15-6-8-19-11-4-1-3-10(9-11)13-17-12-5-2-7-16-14(12)18-13/h1-5,7,9H,8H2,(H,16,17,18). The van der Waals surface area contributed by atoms with Crippen molar-refractivity contribution < 1.29 is 4.74 Å². The van der Waals surface area contributed by atoms with E-state index in [1.807, 2.05) is 42.5 Å². The van der Waals surface area contributed by atoms with Crippen LogP contribution in [-0.4, -0.2) is 21.6 Å². The first-order valence-electron chi connectivity index (χ1n) is 5.78. The highest BCUT2D eigenvalue weighted by Crippen LogP contribution is 2.23. The minimum Gasteiger partial charge on any atom is -0.479 e. The van der Waals surface area contributed by atoms with Crippen molar-refractivity contribution in [2.45, 2.75) is 0 Å². The zero-order chi connectivity index (χ0) is 13.1. The van der Waals surface area contributed by atoms with Crippen molar-refractivity contribution in [1.29, 1.82) is 5.26 Å². The second-order valence-electron chi connectivity index (χ2n) is 3.93. The molecule has 0 aliphatic rings. The van der Waals surface area contributed by atoms with Crippen molar-refractivity contribution in [2.24, 2.45) is 0 Å². The third-order valence-electron chi connectivity index (χ3n) is 2.67. The van der Waals surface area contributed by atoms with Crippen LogP contribution in [0.2, 0.25) is 0 Å². The van der Waals surface area contributed by atoms with Gasteiger partial charge in [0, 0.05) is 11.8 Å². The molecule has 1 N–H and O–H groups in total. The number of nitrogens with one attached hydrogen (secondary N) is 1. The first kappa shape index (κ1) is 11.2. The van der Waals surface area contributed by atoms with Crippen molar-refractivity contribution in [3.8, 4) is 23.2 Å². The molecule has 0 saturated heterocycles. The highest BCUT2D eigenvalue weighted by Gasteiger charge is 2.06. The van der Waals surface area contributed by atoms with Gasteiger partial charge in [0.1, 0.15) is 17.6 Å². The van der Waals surface area contributed by atoms with Gasteiger partial charge in [0.25, 0.3) is 0 Å². The first-order valence-corrected chi connectivity index (χ1v) is 5.78. The smallest absolute Gasteiger partial charge is 0.178 e. The van der Waals surface area contributed by atoms with E-state index in [0.717, 1.165) is 16.9 Å². The summed E-state index contributed by atoms with van der Waals surface area (Å²) in [5.74, 6) is 1.38. The molecular weight excluding hydrogens is 240 g/mol. The van der Waals surface area contributed by atoms with Gasteiger partial charge in [-0.3, -0.25) is 0 Å². The molecule has 2 heterocycles. The van der Waals surface area contributed by atoms with Crippen molar-refractivity contribution in [3.63, 3.8) is 0 Å². The van der Waals surface area contributed by atoms with E-state index < -0.39 is 0 Å². The number of benzene rings is 1. The summed E-state index contributed by atoms with van der Waals surface area (Å²) in [4.78, 5) is 11.8. The summed E-state index contributed by atoms with van der Waals surface area (Å²) < 4.78 is 5.27. The number of hydrogen-bond acceptors (Lipinski definition) is 4. The van der Waals surface area contributed by atoms with Crippen LogP contribution in [-0.2, 0) is 0 Å². The van der Waals surface area contributed by atoms with Crippen LogP contribution >= 0.6 is 0 Å². The maximum atomic E-state index is 8.51. The third kappa shape index (κ3) is 2.24. The highest BCUT2D eigenvalue weighted by molar-refractivity contribution is 5.75. The Kier molecular flexibility index (Phi) is 2.83. The molecule has 0 aliphatic heterocycles. The topological polar surface area (TPSA) is 74.6 Å². The molecule has 19 heavy (non-hydrogen) atoms. The molecule has 1 aromatic carbocycles. The van der Waals surface area contributed by atoms with Crippen LogP contribution < -0.4 is 4.74 Å². The molecular formula is C14H10N4O. The van der Waals surface area contributed by atoms with Crippen molar-refractivity contribution in [2.75, 3.05) is 6.61 Å². The van der Waals surface area contributed by atoms with Gasteiger partial charge in [0.05, 0.1) is 5.52 Å². The van der Waals surface area contributed by atoms with Crippen LogP contribution in [0.1, 0.15) is 0 Å². The quantitative estimate of drug-likeness (QED) is 0.775. The Morgan fingerprint density at radius 3 is 3.05 bits per heavy atom. The number of aromatic amines is 1. The van der Waals surface area contributed by atoms with Crippen LogP contribution in [0.4, 0.5) is 0 Å². The summed E-state index contributed by atoms with van der Waals surface area (Å²) >= 11 is 0. The summed E-state index contributed by atoms with van der Waals surface area (Å²) in [6.07, 6.45) is 1.71. The third-order valence-corrected chi connectivity index (χ3v) is 2.67. The van der Waals surface area contributed by atoms with Crippen LogP contribution in [0.5, 0.6) is 5.75 Å². The molecule has 0 fully saturated rings. The monoisotopic (exact) mass is 250 g/mol. The van der Waals surface area contributed by atoms with Crippen LogP contribution in [0.15, 0.2) is 42.6 Å². The van der Waals surface area contributed by atoms with Gasteiger partial charge in [0.2, 0.25) is 0 Å². The summed E-state index contributed by atoms with van der Waals surface area (Å²) in [5.41, 5.74) is 2.47. The average molecular weight is 250 g/mol. The van der Waals surface area contributed by atoms with E-state index in [1.54, 1.807) is 6.20 Å². The Balaban J connectivity index is 1.99. The number of fused-ring (bicyclic) bond motifs is 1. The molecule has 0 radical (unpaired) electrons. The zero-order valence-electron chi connectivity index (χ0n) is 10.00. The Morgan fingerprint density at radius 1 is 1.26 bits per heavy atom. The Morgan fingerprint density at radius 2 is 2.21 bits per heavy atom. The molecule has 92 valence electrons. The van der Waals surface area contributed by atoms with Crippen molar-refractivity contribution >= 4 is 11.2 Å². The highest BCUT2D eigenvalue weighted by atomic mass is 16.5. The van der Waals surface area contributed by atoms with E-state index in [1.165, 1.54) is 0 Å². The minimum atomic E-state index is 0.0329. The van der Waals surface area contributed by atoms with Gasteiger partial charge in [-0.05, 0) is 24.3 Å². The largest absolute Gasteiger partial charge is 0.479 e. The number of H-pyrrole nitrogens is 1. The van der Waals surface area contributed by atoms with E-state index in [0.29, 0.717) is 11.4 Å². The maximum absolute atomic E-state index is 8.51. The van der Waals surface area contributed by atoms with Gasteiger partial charge in [-0.1, -0.05) is 12.1 Å². The van der Waals surface area contributed by atoms with E-state index in [9.17, 15) is 0 Å². The predicted octanol–water partition coefficient (Wildman–Crippen LogP) is 2.53. The lowest BCUT2D eigenvalue weighted by Gasteiger charge is -2.02. The zero-order valence-corrected chi connectivity index (χ0v) is 10.00. The number of ether oxygens (including phenoxy) is 1. The second-order valence-corrected chi connectivity index (χ2v) is 3.93. The van der Waals surface area contributed by atoms with Crippen molar-refractivity contribution in [1.82, 2.24) is 15.0 Å². The number of pyridine rings is 1. The molecule has 0 spiro atoms. The summed E-state index contributed by atoms with van der Waals surface area (Å²) in [6, 6.07) is 13.2. The van der Waals surface area contributed by atoms with E-state index in [2.05, 4.69) is 15.0 Å². The first-order chi connectivity index (χ1) is 9.36. The van der Waals surface area contributed by atoms with E-state index in [-0.39, 0.29) is 6.61 Å². The second kappa shape index (κ2) is 4.78. The van der Waals surface area contributed by atoms with Gasteiger partial charge < -0.3 is 9.72 Å². The number of imidazole rings is 1. The average Bonchev–Trinajstić information content (AvgIpc) is 2.89. The fourth-order valence-corrected chi connectivity index (χ4v) is 1.83. The molecule has 0 amide bonds. The van der Waals surface area contributed by atoms with Gasteiger partial charge in [0.15, 0.2) is 12.3 Å². The molecule has 3 rings (SSSR count). The SMILES string of the molecule is N#CCOc1cccc(-c2nc3ncccc3[nH]2)c1. The maximum Gasteiger partial charge on any atom is 0.178 e. The lowest BCUT2D eigenvalue weighted by molar-refractivity contribution is 0.368.